The van der Waals surface area contributed by atoms with E-state index in [-0.39, 0.29) is 30.1 Å². The molecule has 0 aromatic heterocycles. The van der Waals surface area contributed by atoms with Gasteiger partial charge in [0.05, 0.1) is 12.1 Å². The first-order valence-electron chi connectivity index (χ1n) is 9.29. The quantitative estimate of drug-likeness (QED) is 0.526. The van der Waals surface area contributed by atoms with Gasteiger partial charge >= 0.3 is 18.2 Å². The van der Waals surface area contributed by atoms with Gasteiger partial charge in [0.1, 0.15) is 6.54 Å². The lowest BCUT2D eigenvalue weighted by atomic mass is 10.1. The Morgan fingerprint density at radius 1 is 1.09 bits per heavy atom. The fourth-order valence-corrected chi connectivity index (χ4v) is 2.96. The number of rotatable bonds is 6. The van der Waals surface area contributed by atoms with Gasteiger partial charge in [-0.25, -0.2) is 14.0 Å². The summed E-state index contributed by atoms with van der Waals surface area (Å²) < 4.78 is 57.7. The first-order chi connectivity index (χ1) is 14.8. The number of urea groups is 1. The molecule has 0 bridgehead atoms. The van der Waals surface area contributed by atoms with Crippen molar-refractivity contribution in [2.75, 3.05) is 11.4 Å². The highest BCUT2D eigenvalue weighted by molar-refractivity contribution is 6.12. The number of nitrogens with zero attached hydrogens (tertiary/aromatic N) is 2. The Bertz CT molecular complexity index is 1070. The Labute approximate surface area is 179 Å². The molecule has 1 aliphatic rings. The molecule has 1 heterocycles. The zero-order valence-electron chi connectivity index (χ0n) is 16.9. The molecule has 0 saturated carbocycles. The van der Waals surface area contributed by atoms with Crippen LogP contribution in [0.15, 0.2) is 42.5 Å². The van der Waals surface area contributed by atoms with Gasteiger partial charge in [-0.1, -0.05) is 6.07 Å². The second-order valence-corrected chi connectivity index (χ2v) is 7.58. The zero-order chi connectivity index (χ0) is 23.8. The fraction of sp³-hybridized carbons (Fsp3) is 0.286. The van der Waals surface area contributed by atoms with Gasteiger partial charge in [-0.15, -0.1) is 0 Å². The Balaban J connectivity index is 1.74. The van der Waals surface area contributed by atoms with Crippen molar-refractivity contribution in [3.8, 4) is 5.75 Å². The maximum atomic E-state index is 14.4. The van der Waals surface area contributed by atoms with Gasteiger partial charge in [-0.2, -0.15) is 13.2 Å². The van der Waals surface area contributed by atoms with Crippen LogP contribution in [0.2, 0.25) is 0 Å². The molecule has 1 saturated heterocycles. The molecule has 7 nitrogen and oxygen atoms in total. The van der Waals surface area contributed by atoms with E-state index in [4.69, 9.17) is 9.84 Å². The van der Waals surface area contributed by atoms with Crippen LogP contribution in [0.25, 0.3) is 0 Å². The number of ether oxygens (including phenoxy) is 1. The number of alkyl halides is 3. The highest BCUT2D eigenvalue weighted by Gasteiger charge is 2.38. The van der Waals surface area contributed by atoms with Crippen molar-refractivity contribution >= 4 is 23.6 Å². The van der Waals surface area contributed by atoms with Gasteiger partial charge in [-0.3, -0.25) is 14.6 Å². The number of amides is 3. The van der Waals surface area contributed by atoms with E-state index in [1.165, 1.54) is 26.0 Å². The molecule has 0 unspecified atom stereocenters. The molecule has 170 valence electrons. The van der Waals surface area contributed by atoms with E-state index in [9.17, 15) is 31.9 Å². The van der Waals surface area contributed by atoms with Crippen LogP contribution in [0, 0.1) is 5.82 Å². The molecule has 0 radical (unpaired) electrons. The van der Waals surface area contributed by atoms with Crippen LogP contribution in [0.1, 0.15) is 25.0 Å². The normalized spacial score (nSPS) is 14.8. The molecule has 32 heavy (non-hydrogen) atoms. The lowest BCUT2D eigenvalue weighted by molar-refractivity contribution is -0.152. The number of aliphatic carboxylic acids is 1. The molecule has 0 atom stereocenters. The molecule has 11 heteroatoms. The Hall–Kier alpha value is -3.63. The number of carboxylic acids is 1. The minimum Gasteiger partial charge on any atom is -0.478 e. The first kappa shape index (κ1) is 23.0. The van der Waals surface area contributed by atoms with E-state index in [2.05, 4.69) is 0 Å². The average Bonchev–Trinajstić information content (AvgIpc) is 2.97. The highest BCUT2D eigenvalue weighted by Crippen LogP contribution is 2.32. The smallest absolute Gasteiger partial charge is 0.416 e. The number of halogens is 4. The molecule has 1 fully saturated rings. The van der Waals surface area contributed by atoms with Crippen LogP contribution in [0.5, 0.6) is 5.75 Å². The van der Waals surface area contributed by atoms with Gasteiger partial charge < -0.3 is 9.84 Å². The fourth-order valence-electron chi connectivity index (χ4n) is 2.96. The van der Waals surface area contributed by atoms with Gasteiger partial charge in [0, 0.05) is 5.69 Å². The second kappa shape index (κ2) is 8.13. The monoisotopic (exact) mass is 454 g/mol. The molecule has 1 aliphatic heterocycles. The number of carbonyl (C=O) groups is 3. The van der Waals surface area contributed by atoms with Crippen LogP contribution in [-0.4, -0.2) is 40.1 Å². The van der Waals surface area contributed by atoms with Gasteiger partial charge in [0.25, 0.3) is 5.91 Å². The number of anilines is 1. The molecule has 2 aromatic carbocycles. The van der Waals surface area contributed by atoms with E-state index in [1.807, 2.05) is 0 Å². The van der Waals surface area contributed by atoms with Crippen molar-refractivity contribution in [2.45, 2.75) is 32.2 Å². The number of hydrogen-bond acceptors (Lipinski definition) is 4. The zero-order valence-corrected chi connectivity index (χ0v) is 16.9. The van der Waals surface area contributed by atoms with Crippen LogP contribution in [-0.2, 0) is 22.3 Å². The molecular formula is C21H18F4N2O5. The maximum absolute atomic E-state index is 14.4. The number of carboxylic acid groups (broad SMARTS) is 1. The Morgan fingerprint density at radius 3 is 2.25 bits per heavy atom. The van der Waals surface area contributed by atoms with Crippen LogP contribution >= 0.6 is 0 Å². The van der Waals surface area contributed by atoms with Crippen molar-refractivity contribution < 1.29 is 41.8 Å². The Morgan fingerprint density at radius 2 is 1.72 bits per heavy atom. The number of imide groups is 1. The minimum atomic E-state index is -4.53. The molecule has 3 rings (SSSR count). The average molecular weight is 454 g/mol. The van der Waals surface area contributed by atoms with Crippen LogP contribution < -0.4 is 9.64 Å². The molecule has 0 spiro atoms. The van der Waals surface area contributed by atoms with Gasteiger partial charge in [0.15, 0.2) is 17.2 Å². The van der Waals surface area contributed by atoms with Crippen LogP contribution in [0.4, 0.5) is 28.0 Å². The summed E-state index contributed by atoms with van der Waals surface area (Å²) in [7, 11) is 0. The molecule has 3 amide bonds. The molecular weight excluding hydrogens is 436 g/mol. The highest BCUT2D eigenvalue weighted by atomic mass is 19.4. The van der Waals surface area contributed by atoms with Crippen molar-refractivity contribution in [2.24, 2.45) is 0 Å². The topological polar surface area (TPSA) is 87.2 Å². The lowest BCUT2D eigenvalue weighted by Gasteiger charge is -2.22. The SMILES string of the molecule is CC(C)(Oc1ccc(CN2C(=O)CN(c3ccc(C(F)(F)F)cc3)C2=O)cc1F)C(=O)O. The molecule has 0 aliphatic carbocycles. The number of hydrogen-bond donors (Lipinski definition) is 1. The van der Waals surface area contributed by atoms with E-state index in [1.54, 1.807) is 0 Å². The third-order valence-corrected chi connectivity index (χ3v) is 4.78. The van der Waals surface area contributed by atoms with E-state index in [0.717, 1.165) is 40.1 Å². The summed E-state index contributed by atoms with van der Waals surface area (Å²) in [6.07, 6.45) is -4.53. The van der Waals surface area contributed by atoms with Crippen molar-refractivity contribution in [1.82, 2.24) is 4.90 Å². The predicted octanol–water partition coefficient (Wildman–Crippen LogP) is 4.06. The van der Waals surface area contributed by atoms with E-state index < -0.39 is 41.1 Å². The van der Waals surface area contributed by atoms with E-state index in [0.29, 0.717) is 0 Å². The largest absolute Gasteiger partial charge is 0.478 e. The maximum Gasteiger partial charge on any atom is 0.416 e. The lowest BCUT2D eigenvalue weighted by Crippen LogP contribution is -2.38. The summed E-state index contributed by atoms with van der Waals surface area (Å²) >= 11 is 0. The van der Waals surface area contributed by atoms with Crippen molar-refractivity contribution in [3.05, 3.63) is 59.4 Å². The van der Waals surface area contributed by atoms with Crippen molar-refractivity contribution in [1.29, 1.82) is 0 Å². The summed E-state index contributed by atoms with van der Waals surface area (Å²) in [5, 5.41) is 9.08. The summed E-state index contributed by atoms with van der Waals surface area (Å²) in [5.41, 5.74) is -2.21. The third-order valence-electron chi connectivity index (χ3n) is 4.78. The Kier molecular flexibility index (Phi) is 5.86. The first-order valence-corrected chi connectivity index (χ1v) is 9.29. The summed E-state index contributed by atoms with van der Waals surface area (Å²) in [4.78, 5) is 37.9. The summed E-state index contributed by atoms with van der Waals surface area (Å²) in [5.74, 6) is -3.10. The second-order valence-electron chi connectivity index (χ2n) is 7.58. The van der Waals surface area contributed by atoms with Gasteiger partial charge in [0.2, 0.25) is 0 Å². The van der Waals surface area contributed by atoms with E-state index >= 15 is 0 Å². The van der Waals surface area contributed by atoms with Crippen molar-refractivity contribution in [3.63, 3.8) is 0 Å². The summed E-state index contributed by atoms with van der Waals surface area (Å²) in [6.45, 7) is 1.84. The standard InChI is InChI=1S/C21H18F4N2O5/c1-20(2,18(29)30)32-16-8-3-12(9-15(16)22)10-27-17(28)11-26(19(27)31)14-6-4-13(5-7-14)21(23,24)25/h3-9H,10-11H2,1-2H3,(H,29,30). The molecule has 1 N–H and O–H groups in total. The summed E-state index contributed by atoms with van der Waals surface area (Å²) in [6, 6.07) is 6.61. The number of benzene rings is 2. The predicted molar refractivity (Wildman–Crippen MR) is 103 cm³/mol. The van der Waals surface area contributed by atoms with Crippen LogP contribution in [0.3, 0.4) is 0 Å². The minimum absolute atomic E-state index is 0.115. The molecule has 2 aromatic rings. The number of carbonyl (C=O) groups excluding carboxylic acids is 2. The van der Waals surface area contributed by atoms with Gasteiger partial charge in [-0.05, 0) is 55.8 Å². The third kappa shape index (κ3) is 4.66.